The summed E-state index contributed by atoms with van der Waals surface area (Å²) in [6, 6.07) is 12.7. The van der Waals surface area contributed by atoms with E-state index in [0.29, 0.717) is 42.6 Å². The van der Waals surface area contributed by atoms with E-state index in [1.807, 2.05) is 36.1 Å². The van der Waals surface area contributed by atoms with Crippen LogP contribution in [0.1, 0.15) is 37.3 Å². The first-order chi connectivity index (χ1) is 14.0. The van der Waals surface area contributed by atoms with E-state index in [4.69, 9.17) is 16.3 Å². The van der Waals surface area contributed by atoms with Crippen LogP contribution in [0.25, 0.3) is 0 Å². The Kier molecular flexibility index (Phi) is 7.36. The van der Waals surface area contributed by atoms with Crippen molar-refractivity contribution in [2.75, 3.05) is 18.5 Å². The van der Waals surface area contributed by atoms with Crippen molar-refractivity contribution in [2.45, 2.75) is 39.3 Å². The number of benzene rings is 2. The number of hydrogen-bond acceptors (Lipinski definition) is 3. The van der Waals surface area contributed by atoms with Crippen molar-refractivity contribution in [1.29, 1.82) is 0 Å². The fourth-order valence-electron chi connectivity index (χ4n) is 3.22. The Morgan fingerprint density at radius 1 is 1.21 bits per heavy atom. The smallest absolute Gasteiger partial charge is 0.319 e. The summed E-state index contributed by atoms with van der Waals surface area (Å²) >= 11 is 6.05. The van der Waals surface area contributed by atoms with Crippen LogP contribution < -0.4 is 15.4 Å². The van der Waals surface area contributed by atoms with Crippen molar-refractivity contribution in [3.8, 4) is 5.75 Å². The van der Waals surface area contributed by atoms with Crippen LogP contribution in [0.2, 0.25) is 5.02 Å². The average molecular weight is 416 g/mol. The lowest BCUT2D eigenvalue weighted by molar-refractivity contribution is -0.128. The van der Waals surface area contributed by atoms with Gasteiger partial charge in [-0.3, -0.25) is 4.79 Å². The van der Waals surface area contributed by atoms with Gasteiger partial charge in [-0.1, -0.05) is 42.8 Å². The van der Waals surface area contributed by atoms with Crippen LogP contribution in [0.4, 0.5) is 10.5 Å². The molecule has 2 aromatic carbocycles. The van der Waals surface area contributed by atoms with E-state index in [1.165, 1.54) is 0 Å². The third-order valence-electron chi connectivity index (χ3n) is 4.64. The lowest BCUT2D eigenvalue weighted by Crippen LogP contribution is -2.28. The van der Waals surface area contributed by atoms with E-state index in [2.05, 4.69) is 10.6 Å². The molecule has 1 aliphatic heterocycles. The summed E-state index contributed by atoms with van der Waals surface area (Å²) < 4.78 is 5.66. The maximum atomic E-state index is 12.4. The number of hydrogen-bond donors (Lipinski definition) is 2. The Labute approximate surface area is 176 Å². The SMILES string of the molecule is CCCOc1ccc(Cl)cc1NC(=O)NCc1cccc(CN2CCCC2=O)c1. The van der Waals surface area contributed by atoms with Crippen LogP contribution in [0.5, 0.6) is 5.75 Å². The minimum Gasteiger partial charge on any atom is -0.491 e. The third kappa shape index (κ3) is 6.12. The Morgan fingerprint density at radius 3 is 2.79 bits per heavy atom. The molecule has 154 valence electrons. The Hall–Kier alpha value is -2.73. The molecule has 0 unspecified atom stereocenters. The van der Waals surface area contributed by atoms with Crippen molar-refractivity contribution in [2.24, 2.45) is 0 Å². The van der Waals surface area contributed by atoms with Crippen molar-refractivity contribution in [3.05, 3.63) is 58.6 Å². The summed E-state index contributed by atoms with van der Waals surface area (Å²) in [7, 11) is 0. The Morgan fingerprint density at radius 2 is 2.03 bits per heavy atom. The van der Waals surface area contributed by atoms with Crippen LogP contribution in [0.3, 0.4) is 0 Å². The number of rotatable bonds is 8. The van der Waals surface area contributed by atoms with Crippen molar-refractivity contribution in [1.82, 2.24) is 10.2 Å². The molecule has 0 radical (unpaired) electrons. The highest BCUT2D eigenvalue weighted by Crippen LogP contribution is 2.28. The predicted molar refractivity (Wildman–Crippen MR) is 114 cm³/mol. The Bertz CT molecular complexity index is 872. The molecule has 0 aliphatic carbocycles. The zero-order valence-corrected chi connectivity index (χ0v) is 17.3. The quantitative estimate of drug-likeness (QED) is 0.663. The van der Waals surface area contributed by atoms with Gasteiger partial charge in [0.05, 0.1) is 12.3 Å². The van der Waals surface area contributed by atoms with Gasteiger partial charge in [0.1, 0.15) is 5.75 Å². The number of halogens is 1. The predicted octanol–water partition coefficient (Wildman–Crippen LogP) is 4.57. The standard InChI is InChI=1S/C22H26ClN3O3/c1-2-11-29-20-9-8-18(23)13-19(20)25-22(28)24-14-16-5-3-6-17(12-16)15-26-10-4-7-21(26)27/h3,5-6,8-9,12-13H,2,4,7,10-11,14-15H2,1H3,(H2,24,25,28). The lowest BCUT2D eigenvalue weighted by Gasteiger charge is -2.16. The van der Waals surface area contributed by atoms with Crippen molar-refractivity contribution < 1.29 is 14.3 Å². The molecule has 3 amide bonds. The second-order valence-electron chi connectivity index (χ2n) is 7.04. The lowest BCUT2D eigenvalue weighted by atomic mass is 10.1. The molecule has 1 saturated heterocycles. The van der Waals surface area contributed by atoms with Gasteiger partial charge in [0.2, 0.25) is 5.91 Å². The Balaban J connectivity index is 1.56. The molecule has 2 aromatic rings. The average Bonchev–Trinajstić information content (AvgIpc) is 3.10. The highest BCUT2D eigenvalue weighted by atomic mass is 35.5. The zero-order valence-electron chi connectivity index (χ0n) is 16.5. The molecule has 3 rings (SSSR count). The fraction of sp³-hybridized carbons (Fsp3) is 0.364. The van der Waals surface area contributed by atoms with Gasteiger partial charge in [-0.2, -0.15) is 0 Å². The van der Waals surface area contributed by atoms with Gasteiger partial charge in [0.15, 0.2) is 0 Å². The first kappa shape index (κ1) is 21.0. The molecular formula is C22H26ClN3O3. The van der Waals surface area contributed by atoms with E-state index in [9.17, 15) is 9.59 Å². The van der Waals surface area contributed by atoms with Crippen molar-refractivity contribution >= 4 is 29.2 Å². The van der Waals surface area contributed by atoms with E-state index >= 15 is 0 Å². The van der Waals surface area contributed by atoms with Crippen LogP contribution in [0, 0.1) is 0 Å². The second kappa shape index (κ2) is 10.2. The topological polar surface area (TPSA) is 70.7 Å². The molecule has 1 heterocycles. The summed E-state index contributed by atoms with van der Waals surface area (Å²) in [6.07, 6.45) is 2.43. The van der Waals surface area contributed by atoms with Crippen LogP contribution >= 0.6 is 11.6 Å². The number of urea groups is 1. The number of nitrogens with one attached hydrogen (secondary N) is 2. The van der Waals surface area contributed by atoms with Gasteiger partial charge >= 0.3 is 6.03 Å². The molecule has 6 nitrogen and oxygen atoms in total. The second-order valence-corrected chi connectivity index (χ2v) is 7.47. The number of anilines is 1. The summed E-state index contributed by atoms with van der Waals surface area (Å²) in [4.78, 5) is 26.0. The molecule has 1 fully saturated rings. The molecule has 2 N–H and O–H groups in total. The number of ether oxygens (including phenoxy) is 1. The van der Waals surface area contributed by atoms with Crippen LogP contribution in [0.15, 0.2) is 42.5 Å². The number of carbonyl (C=O) groups excluding carboxylic acids is 2. The van der Waals surface area contributed by atoms with Crippen molar-refractivity contribution in [3.63, 3.8) is 0 Å². The van der Waals surface area contributed by atoms with Gasteiger partial charge < -0.3 is 20.3 Å². The van der Waals surface area contributed by atoms with E-state index in [-0.39, 0.29) is 11.9 Å². The number of amides is 3. The monoisotopic (exact) mass is 415 g/mol. The minimum atomic E-state index is -0.339. The van der Waals surface area contributed by atoms with E-state index in [0.717, 1.165) is 30.5 Å². The number of carbonyl (C=O) groups is 2. The zero-order chi connectivity index (χ0) is 20.6. The van der Waals surface area contributed by atoms with Crippen LogP contribution in [-0.4, -0.2) is 30.0 Å². The molecule has 7 heteroatoms. The van der Waals surface area contributed by atoms with Gasteiger partial charge in [-0.15, -0.1) is 0 Å². The van der Waals surface area contributed by atoms with Gasteiger partial charge in [-0.05, 0) is 42.2 Å². The van der Waals surface area contributed by atoms with Crippen LogP contribution in [-0.2, 0) is 17.9 Å². The molecule has 0 saturated carbocycles. The highest BCUT2D eigenvalue weighted by molar-refractivity contribution is 6.31. The summed E-state index contributed by atoms with van der Waals surface area (Å²) in [5.74, 6) is 0.791. The van der Waals surface area contributed by atoms with E-state index in [1.54, 1.807) is 18.2 Å². The molecule has 0 spiro atoms. The maximum Gasteiger partial charge on any atom is 0.319 e. The van der Waals surface area contributed by atoms with Gasteiger partial charge in [-0.25, -0.2) is 4.79 Å². The first-order valence-corrected chi connectivity index (χ1v) is 10.3. The normalized spacial score (nSPS) is 13.4. The molecule has 1 aliphatic rings. The van der Waals surface area contributed by atoms with Gasteiger partial charge in [0, 0.05) is 31.1 Å². The summed E-state index contributed by atoms with van der Waals surface area (Å²) in [6.45, 7) is 4.37. The number of likely N-dealkylation sites (tertiary alicyclic amines) is 1. The minimum absolute atomic E-state index is 0.204. The highest BCUT2D eigenvalue weighted by Gasteiger charge is 2.20. The third-order valence-corrected chi connectivity index (χ3v) is 4.88. The molecule has 0 bridgehead atoms. The number of nitrogens with zero attached hydrogens (tertiary/aromatic N) is 1. The maximum absolute atomic E-state index is 12.4. The largest absolute Gasteiger partial charge is 0.491 e. The molecule has 29 heavy (non-hydrogen) atoms. The molecule has 0 atom stereocenters. The first-order valence-electron chi connectivity index (χ1n) is 9.88. The van der Waals surface area contributed by atoms with Gasteiger partial charge in [0.25, 0.3) is 0 Å². The molecule has 0 aromatic heterocycles. The molecular weight excluding hydrogens is 390 g/mol. The summed E-state index contributed by atoms with van der Waals surface area (Å²) in [5, 5.41) is 6.17. The van der Waals surface area contributed by atoms with E-state index < -0.39 is 0 Å². The summed E-state index contributed by atoms with van der Waals surface area (Å²) in [5.41, 5.74) is 2.56. The fourth-order valence-corrected chi connectivity index (χ4v) is 3.39.